The van der Waals surface area contributed by atoms with E-state index in [4.69, 9.17) is 21.1 Å². The van der Waals surface area contributed by atoms with E-state index in [1.165, 1.54) is 25.3 Å². The van der Waals surface area contributed by atoms with E-state index in [2.05, 4.69) is 10.2 Å². The van der Waals surface area contributed by atoms with Crippen LogP contribution < -0.4 is 4.74 Å². The average molecular weight is 468 g/mol. The Morgan fingerprint density at radius 1 is 1.25 bits per heavy atom. The number of aliphatic carboxylic acids is 1. The van der Waals surface area contributed by atoms with Crippen molar-refractivity contribution in [3.8, 4) is 11.4 Å². The Hall–Kier alpha value is -3.11. The number of fused-ring (bicyclic) bond motifs is 3. The van der Waals surface area contributed by atoms with Gasteiger partial charge in [0.2, 0.25) is 5.82 Å². The van der Waals surface area contributed by atoms with Crippen LogP contribution in [0.5, 0.6) is 5.75 Å². The predicted molar refractivity (Wildman–Crippen MR) is 107 cm³/mol. The van der Waals surface area contributed by atoms with Crippen LogP contribution in [0.3, 0.4) is 0 Å². The maximum atomic E-state index is 13.8. The molecule has 0 amide bonds. The number of carbonyl (C=O) groups is 1. The van der Waals surface area contributed by atoms with Gasteiger partial charge in [0.1, 0.15) is 18.0 Å². The summed E-state index contributed by atoms with van der Waals surface area (Å²) >= 11 is 6.20. The number of para-hydroxylation sites is 1. The Bertz CT molecular complexity index is 1200. The zero-order valence-corrected chi connectivity index (χ0v) is 17.6. The Morgan fingerprint density at radius 3 is 2.66 bits per heavy atom. The Morgan fingerprint density at radius 2 is 2.00 bits per heavy atom. The van der Waals surface area contributed by atoms with Crippen molar-refractivity contribution in [1.82, 2.24) is 14.8 Å². The van der Waals surface area contributed by atoms with Crippen molar-refractivity contribution < 1.29 is 32.5 Å². The van der Waals surface area contributed by atoms with Gasteiger partial charge in [-0.1, -0.05) is 29.8 Å². The number of carboxylic acid groups (broad SMARTS) is 1. The summed E-state index contributed by atoms with van der Waals surface area (Å²) in [5, 5.41) is 16.6. The van der Waals surface area contributed by atoms with Crippen LogP contribution in [0.4, 0.5) is 13.2 Å². The molecule has 0 saturated carbocycles. The smallest absolute Gasteiger partial charge is 0.452 e. The molecule has 7 nitrogen and oxygen atoms in total. The molecule has 2 heterocycles. The van der Waals surface area contributed by atoms with Gasteiger partial charge in [0.15, 0.2) is 5.82 Å². The number of aryl methyl sites for hydroxylation is 1. The minimum absolute atomic E-state index is 0.0863. The summed E-state index contributed by atoms with van der Waals surface area (Å²) in [6.45, 7) is 1.81. The fraction of sp³-hybridized carbons (Fsp3) is 0.286. The predicted octanol–water partition coefficient (Wildman–Crippen LogP) is 4.89. The first-order valence-electron chi connectivity index (χ1n) is 9.45. The molecule has 11 heteroatoms. The molecule has 168 valence electrons. The van der Waals surface area contributed by atoms with Crippen LogP contribution in [-0.2, 0) is 15.7 Å². The van der Waals surface area contributed by atoms with Crippen LogP contribution >= 0.6 is 11.6 Å². The number of rotatable bonds is 4. The average Bonchev–Trinajstić information content (AvgIpc) is 3.11. The minimum Gasteiger partial charge on any atom is -0.496 e. The van der Waals surface area contributed by atoms with E-state index in [1.807, 2.05) is 13.0 Å². The Balaban J connectivity index is 2.04. The van der Waals surface area contributed by atoms with Gasteiger partial charge in [-0.3, -0.25) is 9.36 Å². The monoisotopic (exact) mass is 467 g/mol. The Labute approximate surface area is 185 Å². The van der Waals surface area contributed by atoms with Gasteiger partial charge in [-0.2, -0.15) is 13.2 Å². The summed E-state index contributed by atoms with van der Waals surface area (Å²) in [5.74, 6) is -2.35. The number of aromatic nitrogens is 3. The van der Waals surface area contributed by atoms with Crippen LogP contribution in [0.1, 0.15) is 47.0 Å². The van der Waals surface area contributed by atoms with E-state index in [0.717, 1.165) is 10.1 Å². The van der Waals surface area contributed by atoms with Gasteiger partial charge in [-0.25, -0.2) is 0 Å². The van der Waals surface area contributed by atoms with Crippen molar-refractivity contribution in [2.75, 3.05) is 7.11 Å². The van der Waals surface area contributed by atoms with Crippen molar-refractivity contribution in [3.05, 3.63) is 69.8 Å². The first-order chi connectivity index (χ1) is 15.1. The fourth-order valence-corrected chi connectivity index (χ4v) is 4.04. The number of ether oxygens (including phenoxy) is 2. The van der Waals surface area contributed by atoms with Gasteiger partial charge < -0.3 is 14.6 Å². The highest BCUT2D eigenvalue weighted by molar-refractivity contribution is 6.30. The number of benzene rings is 2. The first-order valence-corrected chi connectivity index (χ1v) is 9.82. The molecule has 3 aromatic rings. The van der Waals surface area contributed by atoms with Crippen molar-refractivity contribution in [2.24, 2.45) is 0 Å². The lowest BCUT2D eigenvalue weighted by atomic mass is 9.97. The van der Waals surface area contributed by atoms with Gasteiger partial charge in [-0.05, 0) is 30.7 Å². The molecular weight excluding hydrogens is 451 g/mol. The van der Waals surface area contributed by atoms with Crippen molar-refractivity contribution in [3.63, 3.8) is 0 Å². The van der Waals surface area contributed by atoms with E-state index in [9.17, 15) is 23.1 Å². The number of hydrogen-bond acceptors (Lipinski definition) is 5. The van der Waals surface area contributed by atoms with E-state index in [1.54, 1.807) is 12.1 Å². The maximum Gasteiger partial charge on any atom is 0.452 e. The molecule has 1 aromatic heterocycles. The van der Waals surface area contributed by atoms with E-state index in [-0.39, 0.29) is 16.5 Å². The highest BCUT2D eigenvalue weighted by Crippen LogP contribution is 2.46. The van der Waals surface area contributed by atoms with Crippen molar-refractivity contribution in [2.45, 2.75) is 31.7 Å². The van der Waals surface area contributed by atoms with Crippen LogP contribution in [0.2, 0.25) is 5.02 Å². The number of nitrogens with zero attached hydrogens (tertiary/aromatic N) is 3. The van der Waals surface area contributed by atoms with Crippen LogP contribution in [0.25, 0.3) is 5.69 Å². The summed E-state index contributed by atoms with van der Waals surface area (Å²) in [4.78, 5) is 11.5. The van der Waals surface area contributed by atoms with E-state index < -0.39 is 36.6 Å². The van der Waals surface area contributed by atoms with Crippen LogP contribution in [0.15, 0.2) is 36.4 Å². The topological polar surface area (TPSA) is 86.5 Å². The summed E-state index contributed by atoms with van der Waals surface area (Å²) in [6.07, 6.45) is -7.76. The van der Waals surface area contributed by atoms with Crippen LogP contribution in [-0.4, -0.2) is 33.0 Å². The minimum atomic E-state index is -4.84. The quantitative estimate of drug-likeness (QED) is 0.588. The summed E-state index contributed by atoms with van der Waals surface area (Å²) in [7, 11) is 1.47. The fourth-order valence-electron chi connectivity index (χ4n) is 3.86. The molecule has 0 saturated heterocycles. The SMILES string of the molecule is COc1c(C)cccc1[C@H]1O[C@H](CC(=O)O)c2nnc(C(F)(F)F)n2-c2ccc(Cl)cc21. The molecule has 1 aliphatic heterocycles. The normalized spacial score (nSPS) is 17.9. The number of hydrogen-bond donors (Lipinski definition) is 1. The van der Waals surface area contributed by atoms with Crippen LogP contribution in [0, 0.1) is 6.92 Å². The molecule has 1 aliphatic rings. The number of methoxy groups -OCH3 is 1. The molecule has 4 rings (SSSR count). The third-order valence-electron chi connectivity index (χ3n) is 5.13. The third kappa shape index (κ3) is 3.80. The lowest BCUT2D eigenvalue weighted by Crippen LogP contribution is -2.17. The second-order valence-electron chi connectivity index (χ2n) is 7.22. The standard InChI is InChI=1S/C21H17ClF3N3O4/c1-10-4-3-5-12(17(10)31-2)18-13-8-11(22)6-7-14(13)28-19(15(32-18)9-16(29)30)26-27-20(28)21(23,24)25/h3-8,15,18H,9H2,1-2H3,(H,29,30)/t15-,18-/m1/s1. The molecular formula is C21H17ClF3N3O4. The molecule has 32 heavy (non-hydrogen) atoms. The molecule has 0 radical (unpaired) electrons. The molecule has 2 atom stereocenters. The van der Waals surface area contributed by atoms with Gasteiger partial charge in [0.25, 0.3) is 0 Å². The molecule has 0 fully saturated rings. The molecule has 0 unspecified atom stereocenters. The van der Waals surface area contributed by atoms with Gasteiger partial charge in [0.05, 0.1) is 19.2 Å². The number of halogens is 4. The molecule has 2 aromatic carbocycles. The number of carboxylic acids is 1. The summed E-state index contributed by atoms with van der Waals surface area (Å²) in [5.41, 5.74) is 1.66. The molecule has 0 spiro atoms. The molecule has 0 bridgehead atoms. The highest BCUT2D eigenvalue weighted by atomic mass is 35.5. The second kappa shape index (κ2) is 8.10. The Kier molecular flexibility index (Phi) is 5.59. The van der Waals surface area contributed by atoms with Gasteiger partial charge >= 0.3 is 12.1 Å². The largest absolute Gasteiger partial charge is 0.496 e. The van der Waals surface area contributed by atoms with Crippen molar-refractivity contribution in [1.29, 1.82) is 0 Å². The molecule has 1 N–H and O–H groups in total. The van der Waals surface area contributed by atoms with Crippen molar-refractivity contribution >= 4 is 17.6 Å². The first kappa shape index (κ1) is 22.1. The maximum absolute atomic E-state index is 13.8. The van der Waals surface area contributed by atoms with E-state index in [0.29, 0.717) is 16.9 Å². The lowest BCUT2D eigenvalue weighted by molar-refractivity contribution is -0.146. The summed E-state index contributed by atoms with van der Waals surface area (Å²) < 4.78 is 53.8. The third-order valence-corrected chi connectivity index (χ3v) is 5.37. The van der Waals surface area contributed by atoms with E-state index >= 15 is 0 Å². The lowest BCUT2D eigenvalue weighted by Gasteiger charge is -2.24. The highest BCUT2D eigenvalue weighted by Gasteiger charge is 2.43. The summed E-state index contributed by atoms with van der Waals surface area (Å²) in [6, 6.07) is 9.59. The second-order valence-corrected chi connectivity index (χ2v) is 7.65. The van der Waals surface area contributed by atoms with Gasteiger partial charge in [0, 0.05) is 16.1 Å². The zero-order chi connectivity index (χ0) is 23.2. The number of alkyl halides is 3. The van der Waals surface area contributed by atoms with Gasteiger partial charge in [-0.15, -0.1) is 10.2 Å². The molecule has 0 aliphatic carbocycles. The zero-order valence-electron chi connectivity index (χ0n) is 16.9.